The third kappa shape index (κ3) is 4.18. The predicted octanol–water partition coefficient (Wildman–Crippen LogP) is 2.09. The van der Waals surface area contributed by atoms with Crippen molar-refractivity contribution in [1.29, 1.82) is 0 Å². The highest BCUT2D eigenvalue weighted by atomic mass is 79.9. The second-order valence-corrected chi connectivity index (χ2v) is 3.97. The van der Waals surface area contributed by atoms with Gasteiger partial charge in [-0.25, -0.2) is 8.96 Å². The third-order valence-corrected chi connectivity index (χ3v) is 2.70. The van der Waals surface area contributed by atoms with E-state index in [1.807, 2.05) is 0 Å². The molecule has 7 heteroatoms. The Morgan fingerprint density at radius 3 is 2.27 bits per heavy atom. The van der Waals surface area contributed by atoms with Crippen LogP contribution in [0.25, 0.3) is 0 Å². The lowest BCUT2D eigenvalue weighted by Gasteiger charge is -2.14. The smallest absolute Gasteiger partial charge is 0.290 e. The first kappa shape index (κ1) is 11.5. The van der Waals surface area contributed by atoms with Crippen LogP contribution in [0.3, 0.4) is 0 Å². The van der Waals surface area contributed by atoms with E-state index in [9.17, 15) is 8.96 Å². The first-order chi connectivity index (χ1) is 5.08. The van der Waals surface area contributed by atoms with E-state index >= 15 is 0 Å². The molecule has 4 nitrogen and oxygen atoms in total. The number of hydrogen-bond donors (Lipinski definition) is 0. The van der Waals surface area contributed by atoms with E-state index < -0.39 is 14.2 Å². The standard InChI is InChI=1S/C4H9BrFO4P/c1-8-11(7,9-2)10-4(6)3-5/h4H,3H2,1-2H3. The van der Waals surface area contributed by atoms with Gasteiger partial charge in [-0.2, -0.15) is 0 Å². The van der Waals surface area contributed by atoms with Crippen LogP contribution in [0.1, 0.15) is 0 Å². The molecule has 0 amide bonds. The second-order valence-electron chi connectivity index (χ2n) is 1.48. The molecule has 0 rings (SSSR count). The van der Waals surface area contributed by atoms with Crippen LogP contribution in [0.15, 0.2) is 0 Å². The fourth-order valence-electron chi connectivity index (χ4n) is 0.329. The van der Waals surface area contributed by atoms with Gasteiger partial charge >= 0.3 is 7.82 Å². The molecule has 0 saturated carbocycles. The van der Waals surface area contributed by atoms with Crippen molar-refractivity contribution in [2.45, 2.75) is 6.36 Å². The first-order valence-corrected chi connectivity index (χ1v) is 5.26. The molecule has 0 aromatic rings. The van der Waals surface area contributed by atoms with Crippen molar-refractivity contribution in [2.75, 3.05) is 19.5 Å². The number of alkyl halides is 2. The number of hydrogen-bond acceptors (Lipinski definition) is 4. The third-order valence-electron chi connectivity index (χ3n) is 0.812. The van der Waals surface area contributed by atoms with Gasteiger partial charge in [0.2, 0.25) is 6.36 Å². The van der Waals surface area contributed by atoms with E-state index in [-0.39, 0.29) is 5.33 Å². The summed E-state index contributed by atoms with van der Waals surface area (Å²) in [4.78, 5) is 0. The van der Waals surface area contributed by atoms with Crippen LogP contribution in [0.2, 0.25) is 0 Å². The number of phosphoric acid groups is 1. The minimum absolute atomic E-state index is 0.0797. The van der Waals surface area contributed by atoms with E-state index in [4.69, 9.17) is 0 Å². The first-order valence-electron chi connectivity index (χ1n) is 2.68. The molecule has 0 radical (unpaired) electrons. The summed E-state index contributed by atoms with van der Waals surface area (Å²) in [6.45, 7) is 0. The molecule has 0 aliphatic carbocycles. The molecule has 0 aliphatic rings. The molecule has 68 valence electrons. The van der Waals surface area contributed by atoms with Gasteiger partial charge in [-0.1, -0.05) is 15.9 Å². The maximum absolute atomic E-state index is 12.4. The van der Waals surface area contributed by atoms with Crippen LogP contribution >= 0.6 is 23.8 Å². The van der Waals surface area contributed by atoms with Gasteiger partial charge in [0.1, 0.15) is 0 Å². The topological polar surface area (TPSA) is 44.8 Å². The number of phosphoric ester groups is 1. The monoisotopic (exact) mass is 250 g/mol. The molecular formula is C4H9BrFO4P. The average molecular weight is 251 g/mol. The summed E-state index contributed by atoms with van der Waals surface area (Å²) in [5.74, 6) is 0. The molecule has 0 N–H and O–H groups in total. The zero-order chi connectivity index (χ0) is 8.91. The van der Waals surface area contributed by atoms with Crippen LogP contribution in [0, 0.1) is 0 Å². The Morgan fingerprint density at radius 2 is 2.00 bits per heavy atom. The SMILES string of the molecule is COP(=O)(OC)OC(F)CBr. The minimum atomic E-state index is -3.66. The van der Waals surface area contributed by atoms with E-state index in [2.05, 4.69) is 29.5 Å². The Labute approximate surface area is 72.8 Å². The fourth-order valence-corrected chi connectivity index (χ4v) is 1.34. The highest BCUT2D eigenvalue weighted by Crippen LogP contribution is 2.48. The maximum atomic E-state index is 12.4. The largest absolute Gasteiger partial charge is 0.476 e. The van der Waals surface area contributed by atoms with Gasteiger partial charge in [0, 0.05) is 14.2 Å². The van der Waals surface area contributed by atoms with Gasteiger partial charge in [-0.05, 0) is 0 Å². The van der Waals surface area contributed by atoms with E-state index in [1.165, 1.54) is 0 Å². The van der Waals surface area contributed by atoms with E-state index in [0.717, 1.165) is 14.2 Å². The van der Waals surface area contributed by atoms with Gasteiger partial charge in [-0.15, -0.1) is 0 Å². The fraction of sp³-hybridized carbons (Fsp3) is 1.00. The Bertz CT molecular complexity index is 147. The minimum Gasteiger partial charge on any atom is -0.290 e. The molecule has 0 aromatic carbocycles. The molecule has 0 spiro atoms. The molecular weight excluding hydrogens is 242 g/mol. The van der Waals surface area contributed by atoms with Gasteiger partial charge in [0.25, 0.3) is 0 Å². The molecule has 0 fully saturated rings. The zero-order valence-corrected chi connectivity index (χ0v) is 8.60. The molecule has 11 heavy (non-hydrogen) atoms. The Kier molecular flexibility index (Phi) is 5.46. The Morgan fingerprint density at radius 1 is 1.55 bits per heavy atom. The van der Waals surface area contributed by atoms with Crippen molar-refractivity contribution in [2.24, 2.45) is 0 Å². The van der Waals surface area contributed by atoms with Crippen LogP contribution in [-0.2, 0) is 18.1 Å². The summed E-state index contributed by atoms with van der Waals surface area (Å²) in [5, 5.41) is -0.0797. The Balaban J connectivity index is 3.97. The van der Waals surface area contributed by atoms with Crippen LogP contribution in [0.5, 0.6) is 0 Å². The lowest BCUT2D eigenvalue weighted by atomic mass is 10.8. The van der Waals surface area contributed by atoms with Crippen LogP contribution in [-0.4, -0.2) is 25.9 Å². The van der Waals surface area contributed by atoms with Crippen molar-refractivity contribution >= 4 is 23.8 Å². The summed E-state index contributed by atoms with van der Waals surface area (Å²) in [5.41, 5.74) is 0. The zero-order valence-electron chi connectivity index (χ0n) is 6.12. The summed E-state index contributed by atoms with van der Waals surface area (Å²) in [7, 11) is -1.43. The summed E-state index contributed by atoms with van der Waals surface area (Å²) in [6.07, 6.45) is -1.69. The summed E-state index contributed by atoms with van der Waals surface area (Å²) in [6, 6.07) is 0. The van der Waals surface area contributed by atoms with E-state index in [0.29, 0.717) is 0 Å². The number of rotatable bonds is 5. The van der Waals surface area contributed by atoms with Crippen molar-refractivity contribution in [3.63, 3.8) is 0 Å². The molecule has 0 aromatic heterocycles. The lowest BCUT2D eigenvalue weighted by Crippen LogP contribution is -2.07. The van der Waals surface area contributed by atoms with Gasteiger partial charge < -0.3 is 0 Å². The highest BCUT2D eigenvalue weighted by Gasteiger charge is 2.27. The summed E-state index contributed by atoms with van der Waals surface area (Å²) < 4.78 is 36.3. The van der Waals surface area contributed by atoms with Crippen LogP contribution in [0.4, 0.5) is 4.39 Å². The van der Waals surface area contributed by atoms with Gasteiger partial charge in [0.05, 0.1) is 5.33 Å². The molecule has 0 aliphatic heterocycles. The van der Waals surface area contributed by atoms with Gasteiger partial charge in [0.15, 0.2) is 0 Å². The van der Waals surface area contributed by atoms with Crippen LogP contribution < -0.4 is 0 Å². The molecule has 0 bridgehead atoms. The average Bonchev–Trinajstić information content (AvgIpc) is 2.04. The molecule has 0 saturated heterocycles. The van der Waals surface area contributed by atoms with Gasteiger partial charge in [-0.3, -0.25) is 13.6 Å². The molecule has 0 heterocycles. The number of halogens is 2. The predicted molar refractivity (Wildman–Crippen MR) is 41.4 cm³/mol. The Hall–Kier alpha value is 0.520. The summed E-state index contributed by atoms with van der Waals surface area (Å²) >= 11 is 2.79. The van der Waals surface area contributed by atoms with Crippen molar-refractivity contribution in [1.82, 2.24) is 0 Å². The lowest BCUT2D eigenvalue weighted by molar-refractivity contribution is 0.0410. The van der Waals surface area contributed by atoms with Crippen molar-refractivity contribution in [3.05, 3.63) is 0 Å². The normalized spacial score (nSPS) is 14.9. The highest BCUT2D eigenvalue weighted by molar-refractivity contribution is 9.09. The second kappa shape index (κ2) is 5.22. The molecule has 1 atom stereocenters. The molecule has 1 unspecified atom stereocenters. The maximum Gasteiger partial charge on any atom is 0.476 e. The van der Waals surface area contributed by atoms with Crippen molar-refractivity contribution < 1.29 is 22.5 Å². The quantitative estimate of drug-likeness (QED) is 0.554. The van der Waals surface area contributed by atoms with E-state index in [1.54, 1.807) is 0 Å². The van der Waals surface area contributed by atoms with Crippen molar-refractivity contribution in [3.8, 4) is 0 Å².